The van der Waals surface area contributed by atoms with E-state index < -0.39 is 0 Å². The largest absolute Gasteiger partial charge is 0.361 e. The van der Waals surface area contributed by atoms with Gasteiger partial charge >= 0.3 is 0 Å². The Kier molecular flexibility index (Phi) is 3.81. The third-order valence-electron chi connectivity index (χ3n) is 4.67. The van der Waals surface area contributed by atoms with E-state index in [0.29, 0.717) is 12.0 Å². The number of carbonyl (C=O) groups is 1. The molecule has 0 atom stereocenters. The number of rotatable bonds is 2. The lowest BCUT2D eigenvalue weighted by atomic mass is 9.76. The van der Waals surface area contributed by atoms with E-state index in [1.165, 1.54) is 12.1 Å². The van der Waals surface area contributed by atoms with Crippen molar-refractivity contribution in [2.24, 2.45) is 0 Å². The second kappa shape index (κ2) is 5.60. The van der Waals surface area contributed by atoms with Crippen molar-refractivity contribution in [2.45, 2.75) is 31.7 Å². The minimum atomic E-state index is -0.339. The van der Waals surface area contributed by atoms with Gasteiger partial charge in [-0.2, -0.15) is 0 Å². The minimum Gasteiger partial charge on any atom is -0.361 e. The van der Waals surface area contributed by atoms with Gasteiger partial charge in [0.15, 0.2) is 5.78 Å². The van der Waals surface area contributed by atoms with Gasteiger partial charge in [-0.3, -0.25) is 4.79 Å². The second-order valence-electron chi connectivity index (χ2n) is 5.92. The van der Waals surface area contributed by atoms with Crippen LogP contribution in [0.15, 0.2) is 30.4 Å². The molecule has 0 aliphatic carbocycles. The van der Waals surface area contributed by atoms with Gasteiger partial charge in [0.05, 0.1) is 5.54 Å². The van der Waals surface area contributed by atoms with E-state index in [4.69, 9.17) is 0 Å². The zero-order chi connectivity index (χ0) is 14.9. The number of halogens is 1. The molecule has 2 aliphatic heterocycles. The standard InChI is InChI=1S/C17H21FN2O/c1-2-3-10-20-15-5-4-13(18)11-14(15)16(21)12-17(20)6-8-19-9-7-17/h2-5,11,19H,6-10,12H2,1H3/b3-2+. The molecule has 1 aromatic carbocycles. The van der Waals surface area contributed by atoms with Crippen LogP contribution in [0, 0.1) is 5.82 Å². The maximum atomic E-state index is 13.5. The fraction of sp³-hybridized carbons (Fsp3) is 0.471. The maximum Gasteiger partial charge on any atom is 0.167 e. The van der Waals surface area contributed by atoms with Gasteiger partial charge in [-0.1, -0.05) is 12.2 Å². The highest BCUT2D eigenvalue weighted by molar-refractivity contribution is 6.04. The Morgan fingerprint density at radius 2 is 2.14 bits per heavy atom. The fourth-order valence-corrected chi connectivity index (χ4v) is 3.55. The summed E-state index contributed by atoms with van der Waals surface area (Å²) in [5, 5.41) is 3.36. The molecule has 0 bridgehead atoms. The molecule has 0 saturated carbocycles. The van der Waals surface area contributed by atoms with Crippen molar-refractivity contribution in [1.29, 1.82) is 0 Å². The molecular formula is C17H21FN2O. The predicted molar refractivity (Wildman–Crippen MR) is 82.3 cm³/mol. The quantitative estimate of drug-likeness (QED) is 0.849. The smallest absolute Gasteiger partial charge is 0.167 e. The normalized spacial score (nSPS) is 21.0. The Hall–Kier alpha value is -1.68. The monoisotopic (exact) mass is 288 g/mol. The summed E-state index contributed by atoms with van der Waals surface area (Å²) in [6.45, 7) is 4.62. The second-order valence-corrected chi connectivity index (χ2v) is 5.92. The van der Waals surface area contributed by atoms with Crippen LogP contribution in [0.4, 0.5) is 10.1 Å². The molecule has 1 aromatic rings. The number of fused-ring (bicyclic) bond motifs is 1. The first-order chi connectivity index (χ1) is 10.2. The lowest BCUT2D eigenvalue weighted by Crippen LogP contribution is -2.58. The molecule has 112 valence electrons. The number of nitrogens with zero attached hydrogens (tertiary/aromatic N) is 1. The molecule has 1 saturated heterocycles. The summed E-state index contributed by atoms with van der Waals surface area (Å²) in [4.78, 5) is 14.8. The third-order valence-corrected chi connectivity index (χ3v) is 4.67. The molecule has 1 N–H and O–H groups in total. The van der Waals surface area contributed by atoms with Crippen LogP contribution in [0.25, 0.3) is 0 Å². The number of carbonyl (C=O) groups excluding carboxylic acids is 1. The Balaban J connectivity index is 2.07. The van der Waals surface area contributed by atoms with Crippen LogP contribution in [0.2, 0.25) is 0 Å². The minimum absolute atomic E-state index is 0.0723. The van der Waals surface area contributed by atoms with Crippen molar-refractivity contribution in [3.63, 3.8) is 0 Å². The number of Topliss-reactive ketones (excluding diaryl/α,β-unsaturated/α-hetero) is 1. The Morgan fingerprint density at radius 3 is 2.86 bits per heavy atom. The number of hydrogen-bond acceptors (Lipinski definition) is 3. The first-order valence-corrected chi connectivity index (χ1v) is 7.58. The molecule has 0 amide bonds. The first kappa shape index (κ1) is 14.3. The van der Waals surface area contributed by atoms with Crippen molar-refractivity contribution in [3.8, 4) is 0 Å². The van der Waals surface area contributed by atoms with Crippen LogP contribution in [0.5, 0.6) is 0 Å². The van der Waals surface area contributed by atoms with Gasteiger partial charge in [0, 0.05) is 24.2 Å². The highest BCUT2D eigenvalue weighted by Gasteiger charge is 2.44. The van der Waals surface area contributed by atoms with Gasteiger partial charge < -0.3 is 10.2 Å². The van der Waals surface area contributed by atoms with Gasteiger partial charge in [0.1, 0.15) is 5.82 Å². The number of piperidine rings is 1. The number of allylic oxidation sites excluding steroid dienone is 1. The number of ketones is 1. The molecule has 1 fully saturated rings. The van der Waals surface area contributed by atoms with E-state index in [9.17, 15) is 9.18 Å². The van der Waals surface area contributed by atoms with Crippen LogP contribution in [0.3, 0.4) is 0 Å². The molecule has 3 rings (SSSR count). The summed E-state index contributed by atoms with van der Waals surface area (Å²) in [6.07, 6.45) is 6.52. The molecule has 21 heavy (non-hydrogen) atoms. The van der Waals surface area contributed by atoms with Crippen molar-refractivity contribution in [3.05, 3.63) is 41.7 Å². The number of benzene rings is 1. The van der Waals surface area contributed by atoms with Crippen LogP contribution in [0.1, 0.15) is 36.5 Å². The van der Waals surface area contributed by atoms with Gasteiger partial charge in [-0.15, -0.1) is 0 Å². The highest BCUT2D eigenvalue weighted by atomic mass is 19.1. The zero-order valence-electron chi connectivity index (χ0n) is 12.4. The molecule has 0 unspecified atom stereocenters. The molecular weight excluding hydrogens is 267 g/mol. The average Bonchev–Trinajstić information content (AvgIpc) is 2.48. The topological polar surface area (TPSA) is 32.3 Å². The lowest BCUT2D eigenvalue weighted by molar-refractivity contribution is 0.0919. The number of nitrogens with one attached hydrogen (secondary N) is 1. The Morgan fingerprint density at radius 1 is 1.38 bits per heavy atom. The molecule has 0 radical (unpaired) electrons. The molecule has 4 heteroatoms. The Bertz CT molecular complexity index is 576. The van der Waals surface area contributed by atoms with Crippen molar-refractivity contribution < 1.29 is 9.18 Å². The average molecular weight is 288 g/mol. The molecule has 1 spiro atoms. The number of hydrogen-bond donors (Lipinski definition) is 1. The van der Waals surface area contributed by atoms with E-state index in [1.54, 1.807) is 6.07 Å². The summed E-state index contributed by atoms with van der Waals surface area (Å²) >= 11 is 0. The summed E-state index contributed by atoms with van der Waals surface area (Å²) < 4.78 is 13.5. The molecule has 2 heterocycles. The van der Waals surface area contributed by atoms with Gasteiger partial charge in [-0.25, -0.2) is 4.39 Å². The van der Waals surface area contributed by atoms with E-state index in [2.05, 4.69) is 16.3 Å². The van der Waals surface area contributed by atoms with Gasteiger partial charge in [0.2, 0.25) is 0 Å². The summed E-state index contributed by atoms with van der Waals surface area (Å²) in [5.41, 5.74) is 1.29. The first-order valence-electron chi connectivity index (χ1n) is 7.58. The highest BCUT2D eigenvalue weighted by Crippen LogP contribution is 2.41. The van der Waals surface area contributed by atoms with E-state index in [0.717, 1.165) is 38.2 Å². The van der Waals surface area contributed by atoms with E-state index >= 15 is 0 Å². The third kappa shape index (κ3) is 2.48. The zero-order valence-corrected chi connectivity index (χ0v) is 12.4. The van der Waals surface area contributed by atoms with Gasteiger partial charge in [0.25, 0.3) is 0 Å². The maximum absolute atomic E-state index is 13.5. The summed E-state index contributed by atoms with van der Waals surface area (Å²) in [7, 11) is 0. The van der Waals surface area contributed by atoms with Gasteiger partial charge in [-0.05, 0) is 51.1 Å². The SMILES string of the molecule is C/C=C/CN1c2ccc(F)cc2C(=O)CC12CCNCC2. The van der Waals surface area contributed by atoms with Crippen LogP contribution in [-0.4, -0.2) is 31.0 Å². The lowest BCUT2D eigenvalue weighted by Gasteiger charge is -2.50. The van der Waals surface area contributed by atoms with E-state index in [1.807, 2.05) is 13.0 Å². The van der Waals surface area contributed by atoms with Crippen molar-refractivity contribution in [2.75, 3.05) is 24.5 Å². The van der Waals surface area contributed by atoms with Crippen molar-refractivity contribution in [1.82, 2.24) is 5.32 Å². The molecule has 3 nitrogen and oxygen atoms in total. The molecule has 2 aliphatic rings. The molecule has 0 aromatic heterocycles. The number of anilines is 1. The summed E-state index contributed by atoms with van der Waals surface area (Å²) in [5.74, 6) is -0.266. The van der Waals surface area contributed by atoms with Crippen LogP contribution in [-0.2, 0) is 0 Å². The van der Waals surface area contributed by atoms with E-state index in [-0.39, 0.29) is 17.1 Å². The van der Waals surface area contributed by atoms with Crippen LogP contribution >= 0.6 is 0 Å². The predicted octanol–water partition coefficient (Wildman–Crippen LogP) is 2.92. The fourth-order valence-electron chi connectivity index (χ4n) is 3.55. The van der Waals surface area contributed by atoms with Crippen molar-refractivity contribution >= 4 is 11.5 Å². The Labute approximate surface area is 124 Å². The summed E-state index contributed by atoms with van der Waals surface area (Å²) in [6, 6.07) is 4.60. The van der Waals surface area contributed by atoms with Crippen LogP contribution < -0.4 is 10.2 Å².